The maximum Gasteiger partial charge on any atom is 0.536 e. The van der Waals surface area contributed by atoms with E-state index in [4.69, 9.17) is 5.11 Å². The number of aliphatic carboxylic acids is 1. The first-order chi connectivity index (χ1) is 6.99. The van der Waals surface area contributed by atoms with Crippen molar-refractivity contribution in [2.75, 3.05) is 0 Å². The number of hydrogen-bond acceptors (Lipinski definition) is 3. The second kappa shape index (κ2) is 3.16. The van der Waals surface area contributed by atoms with Gasteiger partial charge in [-0.15, -0.1) is 8.78 Å². The fourth-order valence-electron chi connectivity index (χ4n) is 1.33. The van der Waals surface area contributed by atoms with E-state index >= 15 is 0 Å². The zero-order chi connectivity index (χ0) is 11.1. The molecule has 0 aromatic heterocycles. The number of benzene rings is 1. The highest BCUT2D eigenvalue weighted by Crippen LogP contribution is 2.39. The van der Waals surface area contributed by atoms with Crippen molar-refractivity contribution in [1.82, 2.24) is 0 Å². The van der Waals surface area contributed by atoms with Crippen LogP contribution in [0, 0.1) is 0 Å². The van der Waals surface area contributed by atoms with E-state index in [9.17, 15) is 13.6 Å². The molecule has 1 aromatic rings. The second-order valence-corrected chi connectivity index (χ2v) is 2.94. The molecular weight excluding hydrogens is 210 g/mol. The zero-order valence-corrected chi connectivity index (χ0v) is 7.31. The summed E-state index contributed by atoms with van der Waals surface area (Å²) in [6.45, 7) is 0. The van der Waals surface area contributed by atoms with Crippen molar-refractivity contribution < 1.29 is 28.2 Å². The Morgan fingerprint density at radius 2 is 2.07 bits per heavy atom. The molecule has 80 valence electrons. The SMILES string of the molecule is O=C(O)C1OC(F)(F)Oc2ccccc21. The molecule has 6 heteroatoms. The van der Waals surface area contributed by atoms with E-state index in [2.05, 4.69) is 9.47 Å². The quantitative estimate of drug-likeness (QED) is 0.777. The second-order valence-electron chi connectivity index (χ2n) is 2.94. The van der Waals surface area contributed by atoms with Crippen LogP contribution in [0.5, 0.6) is 5.75 Å². The van der Waals surface area contributed by atoms with Crippen LogP contribution in [0.2, 0.25) is 0 Å². The van der Waals surface area contributed by atoms with E-state index in [1.807, 2.05) is 0 Å². The van der Waals surface area contributed by atoms with E-state index in [0.717, 1.165) is 0 Å². The summed E-state index contributed by atoms with van der Waals surface area (Å²) in [4.78, 5) is 10.7. The van der Waals surface area contributed by atoms with Crippen LogP contribution in [-0.4, -0.2) is 17.4 Å². The highest BCUT2D eigenvalue weighted by molar-refractivity contribution is 5.75. The molecule has 0 aliphatic carbocycles. The Hall–Kier alpha value is -1.69. The first-order valence-electron chi connectivity index (χ1n) is 4.06. The first-order valence-corrected chi connectivity index (χ1v) is 4.06. The molecule has 15 heavy (non-hydrogen) atoms. The van der Waals surface area contributed by atoms with Gasteiger partial charge in [0.2, 0.25) is 0 Å². The maximum absolute atomic E-state index is 12.8. The Kier molecular flexibility index (Phi) is 2.08. The number of carboxylic acid groups (broad SMARTS) is 1. The first kappa shape index (κ1) is 9.85. The molecule has 1 aliphatic heterocycles. The Bertz CT molecular complexity index is 405. The summed E-state index contributed by atoms with van der Waals surface area (Å²) in [5, 5.41) is 8.70. The molecule has 1 unspecified atom stereocenters. The van der Waals surface area contributed by atoms with Gasteiger partial charge in [0.05, 0.1) is 0 Å². The number of hydrogen-bond donors (Lipinski definition) is 1. The topological polar surface area (TPSA) is 55.8 Å². The molecule has 0 saturated heterocycles. The molecule has 0 amide bonds. The van der Waals surface area contributed by atoms with Crippen molar-refractivity contribution in [3.8, 4) is 5.75 Å². The number of carboxylic acids is 1. The minimum Gasteiger partial charge on any atom is -0.479 e. The van der Waals surface area contributed by atoms with Crippen LogP contribution in [0.15, 0.2) is 24.3 Å². The van der Waals surface area contributed by atoms with Crippen LogP contribution in [0.1, 0.15) is 11.7 Å². The molecule has 1 aromatic carbocycles. The van der Waals surface area contributed by atoms with Crippen molar-refractivity contribution in [1.29, 1.82) is 0 Å². The predicted molar refractivity (Wildman–Crippen MR) is 43.5 cm³/mol. The fourth-order valence-corrected chi connectivity index (χ4v) is 1.33. The normalized spacial score (nSPS) is 22.7. The smallest absolute Gasteiger partial charge is 0.479 e. The average molecular weight is 216 g/mol. The zero-order valence-electron chi connectivity index (χ0n) is 7.31. The van der Waals surface area contributed by atoms with Crippen molar-refractivity contribution in [2.45, 2.75) is 12.4 Å². The van der Waals surface area contributed by atoms with Gasteiger partial charge in [-0.05, 0) is 6.07 Å². The van der Waals surface area contributed by atoms with Gasteiger partial charge in [-0.1, -0.05) is 18.2 Å². The number of carbonyl (C=O) groups is 1. The predicted octanol–water partition coefficient (Wildman–Crippen LogP) is 1.77. The summed E-state index contributed by atoms with van der Waals surface area (Å²) in [7, 11) is 0. The summed E-state index contributed by atoms with van der Waals surface area (Å²) in [6, 6.07) is 5.62. The number of ether oxygens (including phenoxy) is 2. The van der Waals surface area contributed by atoms with Gasteiger partial charge in [0.1, 0.15) is 5.75 Å². The fraction of sp³-hybridized carbons (Fsp3) is 0.222. The van der Waals surface area contributed by atoms with Gasteiger partial charge in [0.25, 0.3) is 0 Å². The van der Waals surface area contributed by atoms with Crippen molar-refractivity contribution >= 4 is 5.97 Å². The Balaban J connectivity index is 2.47. The molecule has 1 heterocycles. The molecule has 4 nitrogen and oxygen atoms in total. The monoisotopic (exact) mass is 216 g/mol. The Morgan fingerprint density at radius 1 is 1.40 bits per heavy atom. The van der Waals surface area contributed by atoms with E-state index < -0.39 is 18.4 Å². The third kappa shape index (κ3) is 1.75. The number of fused-ring (bicyclic) bond motifs is 1. The number of para-hydroxylation sites is 1. The largest absolute Gasteiger partial charge is 0.536 e. The highest BCUT2D eigenvalue weighted by Gasteiger charge is 2.46. The van der Waals surface area contributed by atoms with Crippen molar-refractivity contribution in [3.05, 3.63) is 29.8 Å². The van der Waals surface area contributed by atoms with E-state index in [-0.39, 0.29) is 11.3 Å². The van der Waals surface area contributed by atoms with Crippen LogP contribution in [0.3, 0.4) is 0 Å². The number of halogens is 2. The van der Waals surface area contributed by atoms with E-state index in [1.165, 1.54) is 24.3 Å². The van der Waals surface area contributed by atoms with Crippen molar-refractivity contribution in [3.63, 3.8) is 0 Å². The summed E-state index contributed by atoms with van der Waals surface area (Å²) in [5.74, 6) is -1.66. The lowest BCUT2D eigenvalue weighted by Gasteiger charge is -2.28. The number of alkyl halides is 2. The van der Waals surface area contributed by atoms with Gasteiger partial charge in [-0.3, -0.25) is 4.74 Å². The van der Waals surface area contributed by atoms with Gasteiger partial charge >= 0.3 is 12.3 Å². The molecule has 2 rings (SSSR count). The van der Waals surface area contributed by atoms with Crippen molar-refractivity contribution in [2.24, 2.45) is 0 Å². The van der Waals surface area contributed by atoms with Gasteiger partial charge in [0, 0.05) is 5.56 Å². The van der Waals surface area contributed by atoms with Crippen LogP contribution < -0.4 is 4.74 Å². The van der Waals surface area contributed by atoms with Gasteiger partial charge < -0.3 is 9.84 Å². The molecule has 0 bridgehead atoms. The van der Waals surface area contributed by atoms with Gasteiger partial charge in [0.15, 0.2) is 6.10 Å². The van der Waals surface area contributed by atoms with E-state index in [1.54, 1.807) is 0 Å². The molecule has 1 N–H and O–H groups in total. The lowest BCUT2D eigenvalue weighted by atomic mass is 10.1. The Labute approximate surface area is 83.0 Å². The molecule has 1 aliphatic rings. The molecule has 0 radical (unpaired) electrons. The third-order valence-corrected chi connectivity index (χ3v) is 1.91. The summed E-state index contributed by atoms with van der Waals surface area (Å²) < 4.78 is 33.8. The lowest BCUT2D eigenvalue weighted by Crippen LogP contribution is -2.37. The lowest BCUT2D eigenvalue weighted by molar-refractivity contribution is -0.377. The van der Waals surface area contributed by atoms with Gasteiger partial charge in [-0.2, -0.15) is 0 Å². The Morgan fingerprint density at radius 3 is 2.73 bits per heavy atom. The molecule has 0 fully saturated rings. The molecular formula is C9H6F2O4. The van der Waals surface area contributed by atoms with Gasteiger partial charge in [-0.25, -0.2) is 4.79 Å². The minimum atomic E-state index is -3.91. The molecule has 1 atom stereocenters. The molecule has 0 spiro atoms. The third-order valence-electron chi connectivity index (χ3n) is 1.91. The maximum atomic E-state index is 12.8. The van der Waals surface area contributed by atoms with Crippen LogP contribution in [-0.2, 0) is 9.53 Å². The average Bonchev–Trinajstić information content (AvgIpc) is 2.14. The minimum absolute atomic E-state index is 0.0796. The summed E-state index contributed by atoms with van der Waals surface area (Å²) in [5.41, 5.74) is 0.0796. The standard InChI is InChI=1S/C9H6F2O4/c10-9(11)14-6-4-2-1-3-5(6)7(15-9)8(12)13/h1-4,7H,(H,12,13). The highest BCUT2D eigenvalue weighted by atomic mass is 19.3. The summed E-state index contributed by atoms with van der Waals surface area (Å²) in [6.07, 6.45) is -5.61. The van der Waals surface area contributed by atoms with Crippen LogP contribution in [0.4, 0.5) is 8.78 Å². The number of rotatable bonds is 1. The van der Waals surface area contributed by atoms with Crippen LogP contribution >= 0.6 is 0 Å². The summed E-state index contributed by atoms with van der Waals surface area (Å²) >= 11 is 0. The molecule has 0 saturated carbocycles. The van der Waals surface area contributed by atoms with Crippen LogP contribution in [0.25, 0.3) is 0 Å². The van der Waals surface area contributed by atoms with E-state index in [0.29, 0.717) is 0 Å².